The van der Waals surface area contributed by atoms with Crippen molar-refractivity contribution in [3.8, 4) is 0 Å². The summed E-state index contributed by atoms with van der Waals surface area (Å²) in [4.78, 5) is 11.2. The number of nitrogens with zero attached hydrogens (tertiary/aromatic N) is 2. The maximum absolute atomic E-state index is 12.3. The number of carbonyl (C=O) groups is 1. The molecule has 0 aliphatic rings. The number of hydrogen-bond acceptors (Lipinski definition) is 4. The van der Waals surface area contributed by atoms with Crippen molar-refractivity contribution in [1.82, 2.24) is 9.78 Å². The molecule has 0 fully saturated rings. The van der Waals surface area contributed by atoms with Crippen LogP contribution in [0, 0.1) is 0 Å². The average molecular weight is 308 g/mol. The van der Waals surface area contributed by atoms with Gasteiger partial charge in [0.15, 0.2) is 9.84 Å². The van der Waals surface area contributed by atoms with Crippen molar-refractivity contribution >= 4 is 15.8 Å². The second-order valence-corrected chi connectivity index (χ2v) is 6.67. The Morgan fingerprint density at radius 1 is 1.38 bits per heavy atom. The molecular formula is C14H16N2O4S. The second-order valence-electron chi connectivity index (χ2n) is 4.57. The highest BCUT2D eigenvalue weighted by atomic mass is 32.2. The van der Waals surface area contributed by atoms with Crippen LogP contribution < -0.4 is 0 Å². The summed E-state index contributed by atoms with van der Waals surface area (Å²) in [5.74, 6) is -1.24. The van der Waals surface area contributed by atoms with Gasteiger partial charge in [-0.3, -0.25) is 4.68 Å². The Balaban J connectivity index is 2.27. The zero-order valence-electron chi connectivity index (χ0n) is 11.6. The van der Waals surface area contributed by atoms with Crippen molar-refractivity contribution in [3.05, 3.63) is 47.8 Å². The number of sulfone groups is 1. The summed E-state index contributed by atoms with van der Waals surface area (Å²) in [5, 5.41) is 13.1. The van der Waals surface area contributed by atoms with Crippen LogP contribution in [-0.4, -0.2) is 35.0 Å². The maximum atomic E-state index is 12.3. The lowest BCUT2D eigenvalue weighted by molar-refractivity contribution is 0.0695. The fourth-order valence-corrected chi connectivity index (χ4v) is 3.26. The van der Waals surface area contributed by atoms with Crippen LogP contribution in [0.2, 0.25) is 0 Å². The molecule has 0 bridgehead atoms. The molecule has 1 N–H and O–H groups in total. The minimum Gasteiger partial charge on any atom is -0.478 e. The summed E-state index contributed by atoms with van der Waals surface area (Å²) < 4.78 is 26.1. The van der Waals surface area contributed by atoms with E-state index in [1.165, 1.54) is 16.8 Å². The molecule has 21 heavy (non-hydrogen) atoms. The van der Waals surface area contributed by atoms with Crippen molar-refractivity contribution in [2.75, 3.05) is 5.75 Å². The van der Waals surface area contributed by atoms with E-state index >= 15 is 0 Å². The van der Waals surface area contributed by atoms with Gasteiger partial charge in [0.05, 0.1) is 22.8 Å². The lowest BCUT2D eigenvalue weighted by Crippen LogP contribution is -2.14. The molecule has 1 aromatic heterocycles. The van der Waals surface area contributed by atoms with E-state index in [0.29, 0.717) is 12.0 Å². The Bertz CT molecular complexity index is 736. The van der Waals surface area contributed by atoms with Crippen LogP contribution in [-0.2, 0) is 22.8 Å². The average Bonchev–Trinajstić information content (AvgIpc) is 2.97. The first-order valence-corrected chi connectivity index (χ1v) is 8.15. The number of carboxylic acid groups (broad SMARTS) is 1. The van der Waals surface area contributed by atoms with E-state index in [1.54, 1.807) is 24.5 Å². The number of aryl methyl sites for hydroxylation is 2. The van der Waals surface area contributed by atoms with Gasteiger partial charge in [-0.2, -0.15) is 5.10 Å². The zero-order valence-corrected chi connectivity index (χ0v) is 12.4. The Hall–Kier alpha value is -2.15. The fraction of sp³-hybridized carbons (Fsp3) is 0.286. The quantitative estimate of drug-likeness (QED) is 0.876. The third-order valence-corrected chi connectivity index (χ3v) is 4.89. The molecular weight excluding hydrogens is 292 g/mol. The van der Waals surface area contributed by atoms with Crippen LogP contribution in [0.5, 0.6) is 0 Å². The van der Waals surface area contributed by atoms with Crippen LogP contribution in [0.15, 0.2) is 41.6 Å². The third kappa shape index (κ3) is 3.49. The molecule has 7 heteroatoms. The van der Waals surface area contributed by atoms with Gasteiger partial charge in [-0.25, -0.2) is 13.2 Å². The van der Waals surface area contributed by atoms with Crippen LogP contribution in [0.3, 0.4) is 0 Å². The van der Waals surface area contributed by atoms with Gasteiger partial charge >= 0.3 is 5.97 Å². The summed E-state index contributed by atoms with van der Waals surface area (Å²) in [6.45, 7) is 2.06. The van der Waals surface area contributed by atoms with Gasteiger partial charge in [-0.1, -0.05) is 13.0 Å². The molecule has 2 aromatic rings. The summed E-state index contributed by atoms with van der Waals surface area (Å²) in [6.07, 6.45) is 3.79. The maximum Gasteiger partial charge on any atom is 0.336 e. The molecule has 0 radical (unpaired) electrons. The summed E-state index contributed by atoms with van der Waals surface area (Å²) in [6, 6.07) is 5.97. The summed E-state index contributed by atoms with van der Waals surface area (Å²) in [5.41, 5.74) is 0.659. The predicted molar refractivity (Wildman–Crippen MR) is 77.1 cm³/mol. The van der Waals surface area contributed by atoms with Crippen LogP contribution in [0.1, 0.15) is 22.8 Å². The van der Waals surface area contributed by atoms with E-state index in [-0.39, 0.29) is 22.8 Å². The van der Waals surface area contributed by atoms with E-state index in [1.807, 2.05) is 6.92 Å². The van der Waals surface area contributed by atoms with Crippen molar-refractivity contribution in [3.63, 3.8) is 0 Å². The number of carboxylic acids is 1. The van der Waals surface area contributed by atoms with Gasteiger partial charge in [0, 0.05) is 12.4 Å². The van der Waals surface area contributed by atoms with Crippen LogP contribution in [0.4, 0.5) is 0 Å². The van der Waals surface area contributed by atoms with Crippen molar-refractivity contribution in [2.24, 2.45) is 0 Å². The molecule has 1 aromatic carbocycles. The fourth-order valence-electron chi connectivity index (χ4n) is 2.02. The highest BCUT2D eigenvalue weighted by Crippen LogP contribution is 2.18. The standard InChI is InChI=1S/C14H16N2O4S/c1-2-11-4-5-12(10-13(11)14(17)18)21(19,20)9-8-16-7-3-6-15-16/h3-7,10H,2,8-9H2,1H3,(H,17,18). The van der Waals surface area contributed by atoms with Gasteiger partial charge < -0.3 is 5.11 Å². The Morgan fingerprint density at radius 3 is 2.71 bits per heavy atom. The minimum atomic E-state index is -3.54. The van der Waals surface area contributed by atoms with E-state index < -0.39 is 15.8 Å². The molecule has 0 saturated carbocycles. The van der Waals surface area contributed by atoms with Gasteiger partial charge in [0.25, 0.3) is 0 Å². The molecule has 0 unspecified atom stereocenters. The first-order valence-electron chi connectivity index (χ1n) is 6.50. The smallest absolute Gasteiger partial charge is 0.336 e. The molecule has 0 aliphatic carbocycles. The van der Waals surface area contributed by atoms with Crippen molar-refractivity contribution in [1.29, 1.82) is 0 Å². The van der Waals surface area contributed by atoms with Gasteiger partial charge in [-0.15, -0.1) is 0 Å². The Kier molecular flexibility index (Phi) is 4.42. The largest absolute Gasteiger partial charge is 0.478 e. The van der Waals surface area contributed by atoms with Crippen molar-refractivity contribution in [2.45, 2.75) is 24.8 Å². The molecule has 0 amide bonds. The summed E-state index contributed by atoms with van der Waals surface area (Å²) in [7, 11) is -3.54. The van der Waals surface area contributed by atoms with Gasteiger partial charge in [-0.05, 0) is 30.2 Å². The molecule has 0 aliphatic heterocycles. The van der Waals surface area contributed by atoms with E-state index in [0.717, 1.165) is 0 Å². The van der Waals surface area contributed by atoms with Crippen molar-refractivity contribution < 1.29 is 18.3 Å². The van der Waals surface area contributed by atoms with Crippen LogP contribution >= 0.6 is 0 Å². The number of benzene rings is 1. The topological polar surface area (TPSA) is 89.3 Å². The first-order chi connectivity index (χ1) is 9.94. The van der Waals surface area contributed by atoms with E-state index in [2.05, 4.69) is 5.10 Å². The SMILES string of the molecule is CCc1ccc(S(=O)(=O)CCn2cccn2)cc1C(=O)O. The Labute approximate surface area is 123 Å². The Morgan fingerprint density at radius 2 is 2.14 bits per heavy atom. The minimum absolute atomic E-state index is 0.0317. The zero-order chi connectivity index (χ0) is 15.5. The lowest BCUT2D eigenvalue weighted by atomic mass is 10.1. The van der Waals surface area contributed by atoms with E-state index in [9.17, 15) is 13.2 Å². The first kappa shape index (κ1) is 15.2. The molecule has 6 nitrogen and oxygen atoms in total. The molecule has 0 saturated heterocycles. The molecule has 2 rings (SSSR count). The number of aromatic carboxylic acids is 1. The highest BCUT2D eigenvalue weighted by molar-refractivity contribution is 7.91. The van der Waals surface area contributed by atoms with Gasteiger partial charge in [0.1, 0.15) is 0 Å². The molecule has 0 atom stereocenters. The normalized spacial score (nSPS) is 11.5. The van der Waals surface area contributed by atoms with Gasteiger partial charge in [0.2, 0.25) is 0 Å². The monoisotopic (exact) mass is 308 g/mol. The number of hydrogen-bond donors (Lipinski definition) is 1. The van der Waals surface area contributed by atoms with E-state index in [4.69, 9.17) is 5.11 Å². The lowest BCUT2D eigenvalue weighted by Gasteiger charge is -2.08. The molecule has 0 spiro atoms. The number of rotatable bonds is 6. The summed E-state index contributed by atoms with van der Waals surface area (Å²) >= 11 is 0. The molecule has 1 heterocycles. The highest BCUT2D eigenvalue weighted by Gasteiger charge is 2.18. The molecule has 112 valence electrons. The number of aromatic nitrogens is 2. The second kappa shape index (κ2) is 6.09. The third-order valence-electron chi connectivity index (χ3n) is 3.20. The van der Waals surface area contributed by atoms with Crippen LogP contribution in [0.25, 0.3) is 0 Å². The predicted octanol–water partition coefficient (Wildman–Crippen LogP) is 1.62.